The van der Waals surface area contributed by atoms with Crippen molar-refractivity contribution in [1.29, 1.82) is 0 Å². The van der Waals surface area contributed by atoms with Gasteiger partial charge in [0, 0.05) is 12.1 Å². The second-order valence-electron chi connectivity index (χ2n) is 5.57. The summed E-state index contributed by atoms with van der Waals surface area (Å²) in [4.78, 5) is 12.6. The van der Waals surface area contributed by atoms with E-state index in [4.69, 9.17) is 10.5 Å². The van der Waals surface area contributed by atoms with E-state index in [1.165, 1.54) is 18.2 Å². The number of halogens is 2. The van der Waals surface area contributed by atoms with Gasteiger partial charge in [0.1, 0.15) is 11.6 Å². The van der Waals surface area contributed by atoms with Crippen LogP contribution < -0.4 is 15.8 Å². The number of benzene rings is 2. The number of carbonyl (C=O) groups excluding carboxylic acids is 1. The first-order valence-electron chi connectivity index (χ1n) is 7.65. The Morgan fingerprint density at radius 1 is 1.29 bits per heavy atom. The molecule has 0 saturated heterocycles. The molecule has 0 aliphatic heterocycles. The van der Waals surface area contributed by atoms with Crippen molar-refractivity contribution in [2.24, 2.45) is 11.7 Å². The summed E-state index contributed by atoms with van der Waals surface area (Å²) in [6, 6.07) is 13.2. The van der Waals surface area contributed by atoms with E-state index >= 15 is 0 Å². The highest BCUT2D eigenvalue weighted by Crippen LogP contribution is 2.30. The molecule has 3 N–H and O–H groups in total. The smallest absolute Gasteiger partial charge is 0.265 e. The lowest BCUT2D eigenvalue weighted by molar-refractivity contribution is -0.128. The quantitative estimate of drug-likeness (QED) is 0.755. The van der Waals surface area contributed by atoms with Crippen LogP contribution >= 0.6 is 15.9 Å². The van der Waals surface area contributed by atoms with Crippen molar-refractivity contribution >= 4 is 21.8 Å². The molecule has 4 nitrogen and oxygen atoms in total. The maximum atomic E-state index is 13.2. The lowest BCUT2D eigenvalue weighted by Crippen LogP contribution is -2.36. The van der Waals surface area contributed by atoms with Gasteiger partial charge in [-0.15, -0.1) is 0 Å². The summed E-state index contributed by atoms with van der Waals surface area (Å²) in [6.45, 7) is 2.91. The maximum Gasteiger partial charge on any atom is 0.265 e. The topological polar surface area (TPSA) is 64.3 Å². The molecule has 0 bridgehead atoms. The van der Waals surface area contributed by atoms with E-state index in [0.717, 1.165) is 0 Å². The van der Waals surface area contributed by atoms with Gasteiger partial charge in [0.2, 0.25) is 6.10 Å². The van der Waals surface area contributed by atoms with Gasteiger partial charge in [0.05, 0.1) is 4.47 Å². The molecule has 2 rings (SSSR count). The van der Waals surface area contributed by atoms with Gasteiger partial charge in [-0.05, 0) is 46.6 Å². The predicted octanol–water partition coefficient (Wildman–Crippen LogP) is 3.42. The number of ether oxygens (including phenoxy) is 1. The van der Waals surface area contributed by atoms with Crippen LogP contribution in [-0.4, -0.2) is 19.0 Å². The lowest BCUT2D eigenvalue weighted by Gasteiger charge is -2.21. The first-order valence-corrected chi connectivity index (χ1v) is 8.45. The minimum absolute atomic E-state index is 0.169. The van der Waals surface area contributed by atoms with Gasteiger partial charge in [-0.2, -0.15) is 0 Å². The molecule has 1 amide bonds. The largest absolute Gasteiger partial charge is 0.475 e. The van der Waals surface area contributed by atoms with Crippen molar-refractivity contribution < 1.29 is 13.9 Å². The summed E-state index contributed by atoms with van der Waals surface area (Å²) >= 11 is 3.26. The van der Waals surface area contributed by atoms with Gasteiger partial charge >= 0.3 is 0 Å². The molecule has 0 aliphatic carbocycles. The van der Waals surface area contributed by atoms with Crippen molar-refractivity contribution in [3.05, 3.63) is 64.4 Å². The molecule has 2 atom stereocenters. The summed E-state index contributed by atoms with van der Waals surface area (Å²) in [5, 5.41) is 2.85. The Hall–Kier alpha value is -1.92. The average Bonchev–Trinajstić information content (AvgIpc) is 2.59. The predicted molar refractivity (Wildman–Crippen MR) is 95.1 cm³/mol. The van der Waals surface area contributed by atoms with Crippen molar-refractivity contribution in [2.75, 3.05) is 13.1 Å². The van der Waals surface area contributed by atoms with E-state index in [9.17, 15) is 9.18 Å². The number of hydrogen-bond acceptors (Lipinski definition) is 3. The first-order chi connectivity index (χ1) is 11.5. The summed E-state index contributed by atoms with van der Waals surface area (Å²) in [5.41, 5.74) is 6.29. The summed E-state index contributed by atoms with van der Waals surface area (Å²) in [7, 11) is 0. The maximum absolute atomic E-state index is 13.2. The summed E-state index contributed by atoms with van der Waals surface area (Å²) in [5.74, 6) is -0.0837. The first kappa shape index (κ1) is 18.4. The molecule has 0 spiro atoms. The molecular weight excluding hydrogens is 375 g/mol. The van der Waals surface area contributed by atoms with Crippen LogP contribution in [0.1, 0.15) is 18.6 Å². The van der Waals surface area contributed by atoms with Crippen LogP contribution in [0.25, 0.3) is 0 Å². The SMILES string of the molecule is CC(CN)CNC(=O)C(Oc1ccc(F)cc1Br)c1ccccc1. The number of rotatable bonds is 7. The molecule has 2 aromatic carbocycles. The molecule has 0 aliphatic rings. The van der Waals surface area contributed by atoms with E-state index in [1.807, 2.05) is 37.3 Å². The fourth-order valence-electron chi connectivity index (χ4n) is 2.05. The van der Waals surface area contributed by atoms with Gasteiger partial charge in [-0.25, -0.2) is 4.39 Å². The Balaban J connectivity index is 2.21. The Morgan fingerprint density at radius 3 is 2.62 bits per heavy atom. The van der Waals surface area contributed by atoms with Crippen LogP contribution in [-0.2, 0) is 4.79 Å². The van der Waals surface area contributed by atoms with Crippen LogP contribution in [0, 0.1) is 11.7 Å². The average molecular weight is 395 g/mol. The lowest BCUT2D eigenvalue weighted by atomic mass is 10.1. The highest BCUT2D eigenvalue weighted by atomic mass is 79.9. The third-order valence-electron chi connectivity index (χ3n) is 3.51. The Labute approximate surface area is 149 Å². The van der Waals surface area contributed by atoms with E-state index < -0.39 is 6.10 Å². The molecule has 6 heteroatoms. The fourth-order valence-corrected chi connectivity index (χ4v) is 2.49. The van der Waals surface area contributed by atoms with E-state index in [2.05, 4.69) is 21.2 Å². The zero-order valence-corrected chi connectivity index (χ0v) is 14.9. The van der Waals surface area contributed by atoms with Crippen LogP contribution in [0.4, 0.5) is 4.39 Å². The Morgan fingerprint density at radius 2 is 2.00 bits per heavy atom. The van der Waals surface area contributed by atoms with Gasteiger partial charge < -0.3 is 15.8 Å². The van der Waals surface area contributed by atoms with E-state index in [0.29, 0.717) is 28.9 Å². The van der Waals surface area contributed by atoms with Crippen molar-refractivity contribution in [3.63, 3.8) is 0 Å². The standard InChI is InChI=1S/C18H20BrFN2O2/c1-12(10-21)11-22-18(23)17(13-5-3-2-4-6-13)24-16-8-7-14(20)9-15(16)19/h2-9,12,17H,10-11,21H2,1H3,(H,22,23). The molecule has 2 unspecified atom stereocenters. The molecule has 0 fully saturated rings. The fraction of sp³-hybridized carbons (Fsp3) is 0.278. The van der Waals surface area contributed by atoms with Crippen LogP contribution in [0.5, 0.6) is 5.75 Å². The number of nitrogens with two attached hydrogens (primary N) is 1. The zero-order chi connectivity index (χ0) is 17.5. The highest BCUT2D eigenvalue weighted by molar-refractivity contribution is 9.10. The van der Waals surface area contributed by atoms with Crippen LogP contribution in [0.3, 0.4) is 0 Å². The molecule has 0 heterocycles. The molecule has 24 heavy (non-hydrogen) atoms. The second kappa shape index (κ2) is 8.80. The molecule has 0 aromatic heterocycles. The Kier molecular flexibility index (Phi) is 6.75. The molecule has 128 valence electrons. The number of carbonyl (C=O) groups is 1. The monoisotopic (exact) mass is 394 g/mol. The molecule has 0 saturated carbocycles. The summed E-state index contributed by atoms with van der Waals surface area (Å²) in [6.07, 6.45) is -0.835. The van der Waals surface area contributed by atoms with Gasteiger partial charge in [0.25, 0.3) is 5.91 Å². The Bertz CT molecular complexity index is 682. The minimum atomic E-state index is -0.835. The van der Waals surface area contributed by atoms with Crippen molar-refractivity contribution in [1.82, 2.24) is 5.32 Å². The minimum Gasteiger partial charge on any atom is -0.475 e. The van der Waals surface area contributed by atoms with Gasteiger partial charge in [-0.1, -0.05) is 37.3 Å². The second-order valence-corrected chi connectivity index (χ2v) is 6.42. The molecular formula is C18H20BrFN2O2. The summed E-state index contributed by atoms with van der Waals surface area (Å²) < 4.78 is 19.5. The normalized spacial score (nSPS) is 13.2. The number of hydrogen-bond donors (Lipinski definition) is 2. The third-order valence-corrected chi connectivity index (χ3v) is 4.13. The molecule has 0 radical (unpaired) electrons. The third kappa shape index (κ3) is 5.04. The van der Waals surface area contributed by atoms with Crippen molar-refractivity contribution in [2.45, 2.75) is 13.0 Å². The van der Waals surface area contributed by atoms with Gasteiger partial charge in [0.15, 0.2) is 0 Å². The highest BCUT2D eigenvalue weighted by Gasteiger charge is 2.23. The number of amides is 1. The van der Waals surface area contributed by atoms with E-state index in [-0.39, 0.29) is 17.6 Å². The van der Waals surface area contributed by atoms with Gasteiger partial charge in [-0.3, -0.25) is 4.79 Å². The van der Waals surface area contributed by atoms with Crippen molar-refractivity contribution in [3.8, 4) is 5.75 Å². The van der Waals surface area contributed by atoms with E-state index in [1.54, 1.807) is 0 Å². The number of nitrogens with one attached hydrogen (secondary N) is 1. The van der Waals surface area contributed by atoms with Crippen LogP contribution in [0.2, 0.25) is 0 Å². The molecule has 2 aromatic rings. The van der Waals surface area contributed by atoms with Crippen LogP contribution in [0.15, 0.2) is 53.0 Å². The zero-order valence-electron chi connectivity index (χ0n) is 13.3.